The zero-order chi connectivity index (χ0) is 83.2. The van der Waals surface area contributed by atoms with E-state index in [1.807, 2.05) is 0 Å². The Bertz CT molecular complexity index is 3300. The highest BCUT2D eigenvalue weighted by Gasteiger charge is 2.43. The zero-order valence-electron chi connectivity index (χ0n) is 62.9. The number of nitrogens with two attached hydrogens (primary N) is 3. The molecule has 1 heterocycles. The molecule has 0 unspecified atom stereocenters. The van der Waals surface area contributed by atoms with Crippen molar-refractivity contribution in [2.45, 2.75) is 222 Å². The van der Waals surface area contributed by atoms with Gasteiger partial charge in [-0.15, -0.1) is 0 Å². The van der Waals surface area contributed by atoms with Crippen molar-refractivity contribution in [2.24, 2.45) is 29.0 Å². The maximum Gasteiger partial charge on any atom is 0.328 e. The lowest BCUT2D eigenvalue weighted by molar-refractivity contribution is -0.145. The number of nitrogens with zero attached hydrogens (tertiary/aromatic N) is 1. The lowest BCUT2D eigenvalue weighted by atomic mass is 9.99. The fourth-order valence-corrected chi connectivity index (χ4v) is 11.6. The van der Waals surface area contributed by atoms with Gasteiger partial charge in [-0.05, 0) is 115 Å². The van der Waals surface area contributed by atoms with Crippen LogP contribution in [0, 0.1) is 11.8 Å². The summed E-state index contributed by atoms with van der Waals surface area (Å²) in [5.41, 5.74) is 17.0. The number of aliphatic hydroxyl groups is 5. The minimum absolute atomic E-state index is 0.00539. The van der Waals surface area contributed by atoms with Gasteiger partial charge >= 0.3 is 11.9 Å². The Morgan fingerprint density at radius 1 is 0.500 bits per heavy atom. The molecule has 1 aliphatic rings. The molecule has 110 heavy (non-hydrogen) atoms. The number of unbranched alkanes of at least 4 members (excludes halogenated alkanes) is 1. The summed E-state index contributed by atoms with van der Waals surface area (Å²) in [5.74, 6) is -19.4. The van der Waals surface area contributed by atoms with E-state index >= 15 is 0 Å². The first-order valence-electron chi connectivity index (χ1n) is 35.9. The number of benzene rings is 1. The summed E-state index contributed by atoms with van der Waals surface area (Å²) >= 11 is 1.27. The molecule has 42 heteroatoms. The average molecular weight is 1580 g/mol. The van der Waals surface area contributed by atoms with Crippen LogP contribution in [0.25, 0.3) is 0 Å². The van der Waals surface area contributed by atoms with E-state index in [2.05, 4.69) is 69.1 Å². The highest BCUT2D eigenvalue weighted by atomic mass is 32.2. The van der Waals surface area contributed by atoms with Gasteiger partial charge in [0.15, 0.2) is 6.04 Å². The third-order valence-corrected chi connectivity index (χ3v) is 17.8. The van der Waals surface area contributed by atoms with E-state index in [4.69, 9.17) is 17.2 Å². The lowest BCUT2D eigenvalue weighted by Gasteiger charge is -2.32. The summed E-state index contributed by atoms with van der Waals surface area (Å²) in [7, 11) is 0. The van der Waals surface area contributed by atoms with E-state index in [0.717, 1.165) is 25.7 Å². The SMILES string of the molecule is CSCC[C@H](NC(=O)[C@H](Cc1ccccc1)NC(=O)CNC(=O)CN)C(=O)N[C@H](C(=O)N[C@@H](CO)C(=O)N[C@@H](CCC(=O)O)C(=O)N[C@@H](CCCCN)C(=O)N[C@@H](CO)C(=O)N[C@@H](CCC(N)=O)C(=O)N[C@H](C(=O)N1CCC[C@H]1C(=O)N[C@@H](CC(C)C)C(=O)N[C@H](C(=O)N[C@H](C(=O)O)[C@@H](C)O)C(C)C)[C@@H](C)O)[C@@H](C)O. The Labute approximate surface area is 639 Å². The standard InChI is InChI=1S/C68H111N17O24S/c1-33(2)27-43(61(101)81-52(34(3)4)65(105)84-55(37(7)90)68(108)109)78-64(104)47-18-14-25-85(47)67(107)54(36(6)89)83-58(98)40(19-21-48(71)91)75-62(102)45(31-86)79-56(96)39(17-12-13-24-69)74-57(97)41(20-22-51(94)95)76-63(103)46(32-87)80-66(106)53(35(5)88)82-59(99)42(23-26-110-8)77-60(100)44(28-38-15-10-9-11-16-38)73-50(93)30-72-49(92)29-70/h9-11,15-16,33-37,39-47,52-55,86-90H,12-14,17-32,69-70H2,1-8H3,(H2,71,91)(H,72,92)(H,73,93)(H,74,97)(H,75,102)(H,76,103)(H,77,100)(H,78,104)(H,79,96)(H,80,106)(H,81,101)(H,82,99)(H,83,98)(H,84,105)(H,94,95)(H,108,109)/t35-,36-,37-,39+,40+,41+,42+,43+,44+,45+,46+,47+,52+,53+,54+,55+/m1/s1. The van der Waals surface area contributed by atoms with Crippen LogP contribution in [-0.2, 0) is 87.9 Å². The Morgan fingerprint density at radius 3 is 1.42 bits per heavy atom. The van der Waals surface area contributed by atoms with Crippen LogP contribution in [0.1, 0.15) is 125 Å². The van der Waals surface area contributed by atoms with E-state index in [1.54, 1.807) is 64.3 Å². The van der Waals surface area contributed by atoms with E-state index < -0.39 is 255 Å². The molecule has 41 nitrogen and oxygen atoms in total. The van der Waals surface area contributed by atoms with Crippen molar-refractivity contribution in [1.29, 1.82) is 0 Å². The van der Waals surface area contributed by atoms with Crippen LogP contribution >= 0.6 is 11.8 Å². The van der Waals surface area contributed by atoms with Gasteiger partial charge in [-0.25, -0.2) is 4.79 Å². The summed E-state index contributed by atoms with van der Waals surface area (Å²) in [4.78, 5) is 229. The van der Waals surface area contributed by atoms with Crippen LogP contribution in [0.3, 0.4) is 0 Å². The van der Waals surface area contributed by atoms with Crippen LogP contribution < -0.4 is 86.3 Å². The second kappa shape index (κ2) is 49.4. The predicted octanol–water partition coefficient (Wildman–Crippen LogP) is -8.96. The van der Waals surface area contributed by atoms with Gasteiger partial charge in [0.05, 0.1) is 44.6 Å². The van der Waals surface area contributed by atoms with Gasteiger partial charge in [-0.1, -0.05) is 58.0 Å². The van der Waals surface area contributed by atoms with Crippen molar-refractivity contribution in [1.82, 2.24) is 74.0 Å². The Kier molecular flexibility index (Phi) is 43.3. The molecule has 0 saturated carbocycles. The molecule has 1 fully saturated rings. The molecule has 2 rings (SSSR count). The second-order valence-corrected chi connectivity index (χ2v) is 28.1. The lowest BCUT2D eigenvalue weighted by Crippen LogP contribution is -2.63. The number of carboxylic acid groups (broad SMARTS) is 2. The number of thioether (sulfide) groups is 1. The number of carbonyl (C=O) groups excluding carboxylic acids is 15. The fourth-order valence-electron chi connectivity index (χ4n) is 11.1. The topological polar surface area (TPSA) is 669 Å². The highest BCUT2D eigenvalue weighted by molar-refractivity contribution is 7.98. The molecular formula is C68H111N17O24S. The number of aliphatic carboxylic acids is 2. The number of carbonyl (C=O) groups is 17. The molecule has 0 aromatic heterocycles. The van der Waals surface area contributed by atoms with Gasteiger partial charge in [0, 0.05) is 25.8 Å². The van der Waals surface area contributed by atoms with Crippen LogP contribution in [-0.4, -0.2) is 289 Å². The summed E-state index contributed by atoms with van der Waals surface area (Å²) < 4.78 is 0. The molecule has 16 atom stereocenters. The number of amides is 15. The summed E-state index contributed by atoms with van der Waals surface area (Å²) in [6.45, 7) is 6.40. The van der Waals surface area contributed by atoms with Crippen LogP contribution in [0.2, 0.25) is 0 Å². The van der Waals surface area contributed by atoms with Crippen molar-refractivity contribution >= 4 is 112 Å². The third-order valence-electron chi connectivity index (χ3n) is 17.2. The highest BCUT2D eigenvalue weighted by Crippen LogP contribution is 2.21. The number of aliphatic hydroxyl groups excluding tert-OH is 5. The van der Waals surface area contributed by atoms with Crippen molar-refractivity contribution in [3.63, 3.8) is 0 Å². The molecule has 1 aromatic carbocycles. The predicted molar refractivity (Wildman–Crippen MR) is 392 cm³/mol. The molecule has 0 radical (unpaired) electrons. The number of hydrogen-bond donors (Lipinski definition) is 23. The average Bonchev–Trinajstić information content (AvgIpc) is 1.62. The maximum absolute atomic E-state index is 14.4. The molecule has 0 aliphatic carbocycles. The summed E-state index contributed by atoms with van der Waals surface area (Å²) in [6.07, 6.45) is -6.02. The van der Waals surface area contributed by atoms with Crippen molar-refractivity contribution in [2.75, 3.05) is 51.4 Å². The van der Waals surface area contributed by atoms with Gasteiger partial charge in [-0.2, -0.15) is 11.8 Å². The first-order valence-corrected chi connectivity index (χ1v) is 37.3. The van der Waals surface area contributed by atoms with Crippen molar-refractivity contribution in [3.05, 3.63) is 35.9 Å². The number of carboxylic acids is 2. The van der Waals surface area contributed by atoms with Crippen molar-refractivity contribution in [3.8, 4) is 0 Å². The quantitative estimate of drug-likeness (QED) is 0.0269. The normalized spacial score (nSPS) is 16.7. The number of primary amides is 1. The molecule has 26 N–H and O–H groups in total. The van der Waals surface area contributed by atoms with Crippen LogP contribution in [0.15, 0.2) is 30.3 Å². The molecule has 618 valence electrons. The number of hydrogen-bond acceptors (Lipinski definition) is 25. The third kappa shape index (κ3) is 33.6. The van der Waals surface area contributed by atoms with Gasteiger partial charge in [0.2, 0.25) is 88.6 Å². The summed E-state index contributed by atoms with van der Waals surface area (Å²) in [5, 5.41) is 102. The summed E-state index contributed by atoms with van der Waals surface area (Å²) in [6, 6.07) is -13.4. The first-order chi connectivity index (χ1) is 51.7. The largest absolute Gasteiger partial charge is 0.481 e. The van der Waals surface area contributed by atoms with E-state index in [9.17, 15) is 117 Å². The smallest absolute Gasteiger partial charge is 0.328 e. The zero-order valence-corrected chi connectivity index (χ0v) is 63.7. The van der Waals surface area contributed by atoms with Gasteiger partial charge in [-0.3, -0.25) is 76.7 Å². The molecular weight excluding hydrogens is 1470 g/mol. The van der Waals surface area contributed by atoms with E-state index in [0.29, 0.717) is 5.56 Å². The Hall–Kier alpha value is -9.72. The number of rotatable bonds is 51. The maximum atomic E-state index is 14.4. The Morgan fingerprint density at radius 2 is 0.945 bits per heavy atom. The van der Waals surface area contributed by atoms with E-state index in [1.165, 1.54) is 11.8 Å². The molecule has 0 bridgehead atoms. The van der Waals surface area contributed by atoms with Gasteiger partial charge < -0.3 is 127 Å². The molecule has 1 aromatic rings. The van der Waals surface area contributed by atoms with E-state index in [-0.39, 0.29) is 76.1 Å². The molecule has 1 saturated heterocycles. The van der Waals surface area contributed by atoms with Gasteiger partial charge in [0.1, 0.15) is 72.5 Å². The molecule has 1 aliphatic heterocycles. The minimum atomic E-state index is -2.02. The molecule has 0 spiro atoms. The fraction of sp³-hybridized carbons (Fsp3) is 0.662. The van der Waals surface area contributed by atoms with Crippen LogP contribution in [0.5, 0.6) is 0 Å². The second-order valence-electron chi connectivity index (χ2n) is 27.2. The van der Waals surface area contributed by atoms with Crippen molar-refractivity contribution < 1.29 is 117 Å². The van der Waals surface area contributed by atoms with Gasteiger partial charge in [0.25, 0.3) is 0 Å². The number of nitrogens with one attached hydrogen (secondary N) is 13. The monoisotopic (exact) mass is 1580 g/mol. The first kappa shape index (κ1) is 96.4. The Balaban J connectivity index is 2.40. The molecule has 15 amide bonds. The number of likely N-dealkylation sites (tertiary alicyclic amines) is 1. The minimum Gasteiger partial charge on any atom is -0.481 e. The van der Waals surface area contributed by atoms with Crippen LogP contribution in [0.4, 0.5) is 0 Å².